The Bertz CT molecular complexity index is 705. The van der Waals surface area contributed by atoms with Crippen LogP contribution in [0.25, 0.3) is 0 Å². The molecule has 3 N–H and O–H groups in total. The third-order valence-electron chi connectivity index (χ3n) is 6.28. The molecule has 0 spiro atoms. The van der Waals surface area contributed by atoms with Gasteiger partial charge in [0.2, 0.25) is 0 Å². The Labute approximate surface area is 172 Å². The van der Waals surface area contributed by atoms with Crippen molar-refractivity contribution in [2.24, 2.45) is 11.8 Å². The molecule has 3 rings (SSSR count). The summed E-state index contributed by atoms with van der Waals surface area (Å²) in [4.78, 5) is 0. The van der Waals surface area contributed by atoms with E-state index in [1.54, 1.807) is 24.3 Å². The molecule has 1 aliphatic rings. The number of benzene rings is 2. The van der Waals surface area contributed by atoms with Gasteiger partial charge in [0.15, 0.2) is 0 Å². The monoisotopic (exact) mass is 404 g/mol. The van der Waals surface area contributed by atoms with Crippen molar-refractivity contribution in [3.05, 3.63) is 71.3 Å². The Morgan fingerprint density at radius 3 is 2.07 bits per heavy atom. The molecule has 1 aliphatic carbocycles. The van der Waals surface area contributed by atoms with E-state index in [0.29, 0.717) is 18.5 Å². The van der Waals surface area contributed by atoms with Gasteiger partial charge in [-0.1, -0.05) is 38.1 Å². The molecule has 3 nitrogen and oxygen atoms in total. The van der Waals surface area contributed by atoms with E-state index in [1.165, 1.54) is 43.5 Å². The predicted octanol–water partition coefficient (Wildman–Crippen LogP) is 3.82. The molecule has 0 saturated heterocycles. The van der Waals surface area contributed by atoms with E-state index in [9.17, 15) is 13.9 Å². The van der Waals surface area contributed by atoms with Crippen molar-refractivity contribution >= 4 is 0 Å². The van der Waals surface area contributed by atoms with Crippen molar-refractivity contribution < 1.29 is 23.9 Å². The van der Waals surface area contributed by atoms with Crippen molar-refractivity contribution in [2.45, 2.75) is 51.4 Å². The third kappa shape index (κ3) is 6.08. The average Bonchev–Trinajstić information content (AvgIpc) is 2.71. The normalized spacial score (nSPS) is 23.3. The number of aliphatic hydroxyl groups excluding tert-OH is 1. The summed E-state index contributed by atoms with van der Waals surface area (Å²) in [6, 6.07) is 12.7. The highest BCUT2D eigenvalue weighted by molar-refractivity contribution is 5.30. The molecule has 0 bridgehead atoms. The molecular formula is C24H32F2NO2+. The van der Waals surface area contributed by atoms with Crippen molar-refractivity contribution in [2.75, 3.05) is 13.2 Å². The highest BCUT2D eigenvalue weighted by Crippen LogP contribution is 2.28. The van der Waals surface area contributed by atoms with E-state index in [1.807, 2.05) is 0 Å². The quantitative estimate of drug-likeness (QED) is 0.703. The zero-order chi connectivity index (χ0) is 20.8. The van der Waals surface area contributed by atoms with Gasteiger partial charge in [0.1, 0.15) is 30.4 Å². The molecule has 5 heteroatoms. The fourth-order valence-electron chi connectivity index (χ4n) is 4.22. The van der Waals surface area contributed by atoms with Crippen molar-refractivity contribution in [1.82, 2.24) is 0 Å². The molecule has 0 heterocycles. The van der Waals surface area contributed by atoms with Gasteiger partial charge in [-0.2, -0.15) is 0 Å². The number of halogens is 2. The number of nitrogens with two attached hydrogens (primary N) is 1. The summed E-state index contributed by atoms with van der Waals surface area (Å²) in [5.74, 6) is 0.719. The zero-order valence-corrected chi connectivity index (χ0v) is 17.2. The first-order valence-corrected chi connectivity index (χ1v) is 10.6. The van der Waals surface area contributed by atoms with Crippen LogP contribution in [0.1, 0.15) is 50.3 Å². The molecule has 29 heavy (non-hydrogen) atoms. The first-order chi connectivity index (χ1) is 13.9. The van der Waals surface area contributed by atoms with Gasteiger partial charge in [-0.3, -0.25) is 0 Å². The van der Waals surface area contributed by atoms with Gasteiger partial charge >= 0.3 is 0 Å². The summed E-state index contributed by atoms with van der Waals surface area (Å²) in [7, 11) is 0. The predicted molar refractivity (Wildman–Crippen MR) is 109 cm³/mol. The second-order valence-electron chi connectivity index (χ2n) is 8.37. The van der Waals surface area contributed by atoms with Crippen LogP contribution in [0, 0.1) is 23.5 Å². The minimum Gasteiger partial charge on any atom is -0.385 e. The second kappa shape index (κ2) is 10.3. The third-order valence-corrected chi connectivity index (χ3v) is 6.28. The Balaban J connectivity index is 1.60. The van der Waals surface area contributed by atoms with Crippen LogP contribution in [0.4, 0.5) is 8.78 Å². The topological polar surface area (TPSA) is 46.1 Å². The molecule has 0 amide bonds. The lowest BCUT2D eigenvalue weighted by atomic mass is 9.78. The molecule has 1 fully saturated rings. The Hall–Kier alpha value is -1.82. The van der Waals surface area contributed by atoms with E-state index in [4.69, 9.17) is 4.74 Å². The minimum atomic E-state index is -0.608. The molecule has 158 valence electrons. The Morgan fingerprint density at radius 2 is 1.52 bits per heavy atom. The van der Waals surface area contributed by atoms with Crippen LogP contribution >= 0.6 is 0 Å². The SMILES string of the molecule is C[C@@H]1[C@H](C)CCC[C@@H]1[NH2+]C[C@H](O)COC(c1ccc(F)cc1)c1ccc(F)cc1. The fraction of sp³-hybridized carbons (Fsp3) is 0.500. The Morgan fingerprint density at radius 1 is 0.966 bits per heavy atom. The van der Waals surface area contributed by atoms with Crippen LogP contribution in [0.15, 0.2) is 48.5 Å². The van der Waals surface area contributed by atoms with Gasteiger partial charge in [-0.25, -0.2) is 8.78 Å². The molecule has 0 unspecified atom stereocenters. The summed E-state index contributed by atoms with van der Waals surface area (Å²) in [6.07, 6.45) is 2.62. The summed E-state index contributed by atoms with van der Waals surface area (Å²) in [5, 5.41) is 12.7. The summed E-state index contributed by atoms with van der Waals surface area (Å²) < 4.78 is 32.7. The first kappa shape index (κ1) is 21.9. The fourth-order valence-corrected chi connectivity index (χ4v) is 4.22. The van der Waals surface area contributed by atoms with E-state index in [-0.39, 0.29) is 18.2 Å². The minimum absolute atomic E-state index is 0.159. The lowest BCUT2D eigenvalue weighted by Gasteiger charge is -2.32. The van der Waals surface area contributed by atoms with Crippen molar-refractivity contribution in [1.29, 1.82) is 0 Å². The van der Waals surface area contributed by atoms with E-state index in [2.05, 4.69) is 19.2 Å². The van der Waals surface area contributed by atoms with Gasteiger partial charge in [-0.05, 0) is 60.6 Å². The number of hydrogen-bond acceptors (Lipinski definition) is 2. The van der Waals surface area contributed by atoms with Crippen LogP contribution < -0.4 is 5.32 Å². The largest absolute Gasteiger partial charge is 0.385 e. The Kier molecular flexibility index (Phi) is 7.76. The molecule has 2 aromatic carbocycles. The number of ether oxygens (including phenoxy) is 1. The molecule has 0 aromatic heterocycles. The molecule has 0 aliphatic heterocycles. The van der Waals surface area contributed by atoms with E-state index >= 15 is 0 Å². The zero-order valence-electron chi connectivity index (χ0n) is 17.2. The van der Waals surface area contributed by atoms with Crippen molar-refractivity contribution in [3.8, 4) is 0 Å². The van der Waals surface area contributed by atoms with Gasteiger partial charge in [0.25, 0.3) is 0 Å². The van der Waals surface area contributed by atoms with Crippen LogP contribution in [0.5, 0.6) is 0 Å². The van der Waals surface area contributed by atoms with Crippen LogP contribution in [0.2, 0.25) is 0 Å². The van der Waals surface area contributed by atoms with Crippen LogP contribution in [0.3, 0.4) is 0 Å². The molecule has 4 atom stereocenters. The number of rotatable bonds is 8. The maximum absolute atomic E-state index is 13.3. The average molecular weight is 405 g/mol. The first-order valence-electron chi connectivity index (χ1n) is 10.6. The highest BCUT2D eigenvalue weighted by Gasteiger charge is 2.30. The number of quaternary nitrogens is 1. The lowest BCUT2D eigenvalue weighted by molar-refractivity contribution is -0.704. The van der Waals surface area contributed by atoms with E-state index in [0.717, 1.165) is 17.0 Å². The summed E-state index contributed by atoms with van der Waals surface area (Å²) in [5.41, 5.74) is 1.54. The maximum Gasteiger partial charge on any atom is 0.126 e. The van der Waals surface area contributed by atoms with Crippen molar-refractivity contribution in [3.63, 3.8) is 0 Å². The molecular weight excluding hydrogens is 372 g/mol. The van der Waals surface area contributed by atoms with Gasteiger partial charge in [0.05, 0.1) is 12.6 Å². The smallest absolute Gasteiger partial charge is 0.126 e. The van der Waals surface area contributed by atoms with Gasteiger partial charge < -0.3 is 15.2 Å². The highest BCUT2D eigenvalue weighted by atomic mass is 19.1. The molecule has 0 radical (unpaired) electrons. The number of hydrogen-bond donors (Lipinski definition) is 2. The van der Waals surface area contributed by atoms with Crippen LogP contribution in [-0.2, 0) is 4.74 Å². The molecule has 1 saturated carbocycles. The molecule has 2 aromatic rings. The van der Waals surface area contributed by atoms with Gasteiger partial charge in [0, 0.05) is 5.92 Å². The maximum atomic E-state index is 13.3. The van der Waals surface area contributed by atoms with Crippen LogP contribution in [-0.4, -0.2) is 30.4 Å². The van der Waals surface area contributed by atoms with Gasteiger partial charge in [-0.15, -0.1) is 0 Å². The summed E-state index contributed by atoms with van der Waals surface area (Å²) >= 11 is 0. The number of aliphatic hydroxyl groups is 1. The second-order valence-corrected chi connectivity index (χ2v) is 8.37. The standard InChI is InChI=1S/C24H31F2NO2/c1-16-4-3-5-23(17(16)2)27-14-22(28)15-29-24(18-6-10-20(25)11-7-18)19-8-12-21(26)13-9-19/h6-13,16-17,22-24,27-28H,3-5,14-15H2,1-2H3/p+1/t16-,17-,22+,23+/m1/s1. The summed E-state index contributed by atoms with van der Waals surface area (Å²) in [6.45, 7) is 5.35. The van der Waals surface area contributed by atoms with E-state index < -0.39 is 12.2 Å². The lowest BCUT2D eigenvalue weighted by Crippen LogP contribution is -2.93.